The van der Waals surface area contributed by atoms with Crippen LogP contribution in [0.4, 0.5) is 0 Å². The third kappa shape index (κ3) is 2.82. The lowest BCUT2D eigenvalue weighted by atomic mass is 9.88. The van der Waals surface area contributed by atoms with Gasteiger partial charge in [-0.15, -0.1) is 0 Å². The molecule has 128 valence electrons. The summed E-state index contributed by atoms with van der Waals surface area (Å²) in [5.41, 5.74) is 4.68. The van der Waals surface area contributed by atoms with E-state index >= 15 is 0 Å². The van der Waals surface area contributed by atoms with Crippen LogP contribution in [-0.4, -0.2) is 21.2 Å². The number of carboxylic acids is 1. The van der Waals surface area contributed by atoms with Crippen LogP contribution in [0, 0.1) is 0 Å². The van der Waals surface area contributed by atoms with Crippen molar-refractivity contribution in [3.8, 4) is 5.75 Å². The van der Waals surface area contributed by atoms with Gasteiger partial charge in [0.15, 0.2) is 5.75 Å². The van der Waals surface area contributed by atoms with E-state index in [9.17, 15) is 15.0 Å². The minimum Gasteiger partial charge on any atom is -0.505 e. The summed E-state index contributed by atoms with van der Waals surface area (Å²) in [4.78, 5) is 16.6. The van der Waals surface area contributed by atoms with E-state index in [2.05, 4.69) is 12.2 Å². The summed E-state index contributed by atoms with van der Waals surface area (Å²) >= 11 is 0. The zero-order valence-corrected chi connectivity index (χ0v) is 14.1. The van der Waals surface area contributed by atoms with E-state index in [0.717, 1.165) is 55.2 Å². The molecule has 0 aliphatic heterocycles. The minimum absolute atomic E-state index is 0.0197. The fourth-order valence-electron chi connectivity index (χ4n) is 3.93. The molecule has 1 aromatic heterocycles. The SMILES string of the molecule is O=C(O)c1c(O)c(CC2=CCCC=C2)nc2c3c(ccc12)CCCC3. The number of carboxylic acid groups (broad SMARTS) is 1. The quantitative estimate of drug-likeness (QED) is 0.875. The first-order valence-electron chi connectivity index (χ1n) is 8.90. The van der Waals surface area contributed by atoms with Crippen molar-refractivity contribution >= 4 is 16.9 Å². The zero-order chi connectivity index (χ0) is 17.4. The number of rotatable bonds is 3. The first-order chi connectivity index (χ1) is 12.1. The molecule has 0 bridgehead atoms. The lowest BCUT2D eigenvalue weighted by Gasteiger charge is -2.19. The van der Waals surface area contributed by atoms with Gasteiger partial charge in [-0.05, 0) is 55.2 Å². The maximum Gasteiger partial charge on any atom is 0.340 e. The first kappa shape index (κ1) is 15.9. The Kier molecular flexibility index (Phi) is 4.04. The van der Waals surface area contributed by atoms with Crippen molar-refractivity contribution in [3.63, 3.8) is 0 Å². The number of carbonyl (C=O) groups is 1. The Morgan fingerprint density at radius 3 is 2.76 bits per heavy atom. The molecule has 0 radical (unpaired) electrons. The van der Waals surface area contributed by atoms with Crippen molar-refractivity contribution in [2.45, 2.75) is 44.9 Å². The van der Waals surface area contributed by atoms with Crippen LogP contribution in [0.3, 0.4) is 0 Å². The molecule has 0 saturated heterocycles. The highest BCUT2D eigenvalue weighted by molar-refractivity contribution is 6.06. The van der Waals surface area contributed by atoms with Gasteiger partial charge < -0.3 is 10.2 Å². The van der Waals surface area contributed by atoms with Crippen LogP contribution in [0.1, 0.15) is 52.9 Å². The Morgan fingerprint density at radius 1 is 1.16 bits per heavy atom. The van der Waals surface area contributed by atoms with Gasteiger partial charge in [0.2, 0.25) is 0 Å². The van der Waals surface area contributed by atoms with Crippen molar-refractivity contribution in [2.24, 2.45) is 0 Å². The highest BCUT2D eigenvalue weighted by Gasteiger charge is 2.23. The first-order valence-corrected chi connectivity index (χ1v) is 8.90. The van der Waals surface area contributed by atoms with Gasteiger partial charge in [0, 0.05) is 11.8 Å². The van der Waals surface area contributed by atoms with E-state index in [1.807, 2.05) is 12.1 Å². The zero-order valence-electron chi connectivity index (χ0n) is 14.1. The molecule has 0 amide bonds. The smallest absolute Gasteiger partial charge is 0.340 e. The second-order valence-corrected chi connectivity index (χ2v) is 6.83. The third-order valence-electron chi connectivity index (χ3n) is 5.19. The molecular formula is C21H21NO3. The number of nitrogens with zero attached hydrogens (tertiary/aromatic N) is 1. The molecule has 4 heteroatoms. The van der Waals surface area contributed by atoms with Crippen LogP contribution in [0.2, 0.25) is 0 Å². The largest absolute Gasteiger partial charge is 0.505 e. The molecule has 2 aromatic rings. The van der Waals surface area contributed by atoms with Crippen molar-refractivity contribution < 1.29 is 15.0 Å². The highest BCUT2D eigenvalue weighted by atomic mass is 16.4. The molecule has 0 unspecified atom stereocenters. The van der Waals surface area contributed by atoms with E-state index in [0.29, 0.717) is 17.5 Å². The van der Waals surface area contributed by atoms with Crippen molar-refractivity contribution in [3.05, 3.63) is 58.3 Å². The molecular weight excluding hydrogens is 314 g/mol. The Hall–Kier alpha value is -2.62. The van der Waals surface area contributed by atoms with Crippen LogP contribution in [0.25, 0.3) is 10.9 Å². The average Bonchev–Trinajstić information content (AvgIpc) is 2.63. The van der Waals surface area contributed by atoms with Crippen molar-refractivity contribution in [2.75, 3.05) is 0 Å². The molecule has 0 spiro atoms. The van der Waals surface area contributed by atoms with E-state index in [1.165, 1.54) is 5.56 Å². The van der Waals surface area contributed by atoms with Crippen LogP contribution < -0.4 is 0 Å². The van der Waals surface area contributed by atoms with E-state index in [-0.39, 0.29) is 11.3 Å². The van der Waals surface area contributed by atoms with Gasteiger partial charge in [0.05, 0.1) is 11.2 Å². The summed E-state index contributed by atoms with van der Waals surface area (Å²) in [5, 5.41) is 20.8. The lowest BCUT2D eigenvalue weighted by molar-refractivity contribution is 0.0695. The average molecular weight is 335 g/mol. The Labute approximate surface area is 146 Å². The van der Waals surface area contributed by atoms with E-state index in [4.69, 9.17) is 4.98 Å². The molecule has 2 aliphatic rings. The van der Waals surface area contributed by atoms with Crippen LogP contribution in [-0.2, 0) is 19.3 Å². The molecule has 4 rings (SSSR count). The third-order valence-corrected chi connectivity index (χ3v) is 5.19. The predicted molar refractivity (Wildman–Crippen MR) is 97.2 cm³/mol. The molecule has 25 heavy (non-hydrogen) atoms. The molecule has 2 N–H and O–H groups in total. The van der Waals surface area contributed by atoms with Crippen LogP contribution in [0.15, 0.2) is 35.9 Å². The lowest BCUT2D eigenvalue weighted by Crippen LogP contribution is -2.09. The van der Waals surface area contributed by atoms with Crippen molar-refractivity contribution in [1.29, 1.82) is 0 Å². The monoisotopic (exact) mass is 335 g/mol. The van der Waals surface area contributed by atoms with Gasteiger partial charge in [0.25, 0.3) is 0 Å². The number of aromatic carboxylic acids is 1. The van der Waals surface area contributed by atoms with Gasteiger partial charge in [0.1, 0.15) is 5.56 Å². The standard InChI is InChI=1S/C21H21NO3/c23-20-17(12-13-6-2-1-3-7-13)22-19-15-9-5-4-8-14(15)10-11-16(19)18(20)21(24)25/h2,6-7,10-11,23H,1,3-5,8-9,12H2,(H,24,25). The van der Waals surface area contributed by atoms with E-state index < -0.39 is 5.97 Å². The summed E-state index contributed by atoms with van der Waals surface area (Å²) in [6, 6.07) is 3.80. The van der Waals surface area contributed by atoms with Gasteiger partial charge in [-0.3, -0.25) is 0 Å². The van der Waals surface area contributed by atoms with Crippen LogP contribution in [0.5, 0.6) is 5.75 Å². The Balaban J connectivity index is 1.93. The number of aromatic hydroxyl groups is 1. The summed E-state index contributed by atoms with van der Waals surface area (Å²) in [5.74, 6) is -1.30. The normalized spacial score (nSPS) is 16.6. The minimum atomic E-state index is -1.10. The number of aromatic nitrogens is 1. The van der Waals surface area contributed by atoms with Gasteiger partial charge >= 0.3 is 5.97 Å². The number of hydrogen-bond donors (Lipinski definition) is 2. The Morgan fingerprint density at radius 2 is 2.00 bits per heavy atom. The topological polar surface area (TPSA) is 70.4 Å². The Bertz CT molecular complexity index is 925. The van der Waals surface area contributed by atoms with Gasteiger partial charge in [-0.1, -0.05) is 30.4 Å². The molecule has 0 saturated carbocycles. The summed E-state index contributed by atoms with van der Waals surface area (Å²) in [6.45, 7) is 0. The number of fused-ring (bicyclic) bond motifs is 3. The maximum absolute atomic E-state index is 11.8. The number of hydrogen-bond acceptors (Lipinski definition) is 3. The molecule has 0 atom stereocenters. The number of benzene rings is 1. The molecule has 2 aliphatic carbocycles. The highest BCUT2D eigenvalue weighted by Crippen LogP contribution is 2.35. The fraction of sp³-hybridized carbons (Fsp3) is 0.333. The van der Waals surface area contributed by atoms with E-state index in [1.54, 1.807) is 6.07 Å². The van der Waals surface area contributed by atoms with Gasteiger partial charge in [-0.2, -0.15) is 0 Å². The number of aryl methyl sites for hydroxylation is 2. The number of allylic oxidation sites excluding steroid dienone is 4. The molecule has 0 fully saturated rings. The summed E-state index contributed by atoms with van der Waals surface area (Å²) in [6.07, 6.45) is 12.9. The second kappa shape index (κ2) is 6.36. The maximum atomic E-state index is 11.8. The second-order valence-electron chi connectivity index (χ2n) is 6.83. The predicted octanol–water partition coefficient (Wildman–Crippen LogP) is 4.34. The summed E-state index contributed by atoms with van der Waals surface area (Å²) < 4.78 is 0. The van der Waals surface area contributed by atoms with Crippen molar-refractivity contribution in [1.82, 2.24) is 4.98 Å². The number of pyridine rings is 1. The fourth-order valence-corrected chi connectivity index (χ4v) is 3.93. The summed E-state index contributed by atoms with van der Waals surface area (Å²) in [7, 11) is 0. The molecule has 1 heterocycles. The van der Waals surface area contributed by atoms with Gasteiger partial charge in [-0.25, -0.2) is 9.78 Å². The van der Waals surface area contributed by atoms with Crippen LogP contribution >= 0.6 is 0 Å². The molecule has 1 aromatic carbocycles. The molecule has 4 nitrogen and oxygen atoms in total.